The lowest BCUT2D eigenvalue weighted by Crippen LogP contribution is -2.33. The Labute approximate surface area is 212 Å². The molecule has 0 bridgehead atoms. The Morgan fingerprint density at radius 3 is 2.43 bits per heavy atom. The molecule has 0 unspecified atom stereocenters. The van der Waals surface area contributed by atoms with Crippen LogP contribution in [0.5, 0.6) is 0 Å². The number of rotatable bonds is 11. The van der Waals surface area contributed by atoms with Crippen LogP contribution in [0, 0.1) is 0 Å². The minimum absolute atomic E-state index is 0.0191. The molecule has 1 aliphatic heterocycles. The molecule has 2 heterocycles. The minimum Gasteiger partial charge on any atom is -0.375 e. The van der Waals surface area contributed by atoms with Crippen LogP contribution in [0.4, 0.5) is 5.69 Å². The lowest BCUT2D eigenvalue weighted by molar-refractivity contribution is -0.118. The van der Waals surface area contributed by atoms with Gasteiger partial charge in [0, 0.05) is 31.5 Å². The number of para-hydroxylation sites is 2. The van der Waals surface area contributed by atoms with Crippen LogP contribution in [-0.2, 0) is 4.79 Å². The molecule has 0 radical (unpaired) electrons. The van der Waals surface area contributed by atoms with Crippen LogP contribution in [0.25, 0.3) is 5.69 Å². The third kappa shape index (κ3) is 6.86. The van der Waals surface area contributed by atoms with E-state index in [4.69, 9.17) is 0 Å². The first-order chi connectivity index (χ1) is 17.1. The van der Waals surface area contributed by atoms with E-state index in [0.717, 1.165) is 42.7 Å². The van der Waals surface area contributed by atoms with Crippen LogP contribution in [-0.4, -0.2) is 64.6 Å². The fourth-order valence-corrected chi connectivity index (χ4v) is 5.26. The largest absolute Gasteiger partial charge is 0.375 e. The van der Waals surface area contributed by atoms with Crippen LogP contribution in [0.1, 0.15) is 44.5 Å². The van der Waals surface area contributed by atoms with Crippen LogP contribution >= 0.6 is 11.8 Å². The van der Waals surface area contributed by atoms with Crippen molar-refractivity contribution in [2.24, 2.45) is 0 Å². The first kappa shape index (κ1) is 25.3. The number of benzene rings is 2. The first-order valence-corrected chi connectivity index (χ1v) is 13.5. The van der Waals surface area contributed by atoms with E-state index in [-0.39, 0.29) is 11.9 Å². The fraction of sp³-hybridized carbons (Fsp3) is 0.444. The smallest absolute Gasteiger partial charge is 0.230 e. The molecule has 7 nitrogen and oxygen atoms in total. The topological polar surface area (TPSA) is 66.3 Å². The molecular formula is C27H36N6OS. The van der Waals surface area contributed by atoms with Crippen molar-refractivity contribution < 1.29 is 4.79 Å². The number of anilines is 1. The summed E-state index contributed by atoms with van der Waals surface area (Å²) in [6, 6.07) is 20.7. The normalized spacial score (nSPS) is 15.0. The van der Waals surface area contributed by atoms with Crippen molar-refractivity contribution in [3.8, 4) is 5.69 Å². The zero-order valence-electron chi connectivity index (χ0n) is 20.8. The number of likely N-dealkylation sites (tertiary alicyclic amines) is 1. The third-order valence-electron chi connectivity index (χ3n) is 6.51. The zero-order chi connectivity index (χ0) is 24.5. The Morgan fingerprint density at radius 2 is 1.71 bits per heavy atom. The molecule has 0 aliphatic carbocycles. The molecule has 0 spiro atoms. The number of hydrogen-bond acceptors (Lipinski definition) is 6. The van der Waals surface area contributed by atoms with Crippen molar-refractivity contribution in [3.05, 3.63) is 66.5 Å². The number of carbonyl (C=O) groups is 1. The van der Waals surface area contributed by atoms with Crippen molar-refractivity contribution in [2.75, 3.05) is 43.9 Å². The first-order valence-electron chi connectivity index (χ1n) is 12.5. The van der Waals surface area contributed by atoms with E-state index in [0.29, 0.717) is 12.3 Å². The van der Waals surface area contributed by atoms with Gasteiger partial charge in [0.25, 0.3) is 0 Å². The number of piperidine rings is 1. The molecular weight excluding hydrogens is 456 g/mol. The Hall–Kier alpha value is -2.84. The highest BCUT2D eigenvalue weighted by molar-refractivity contribution is 7.99. The molecule has 1 aliphatic rings. The highest BCUT2D eigenvalue weighted by atomic mass is 32.2. The molecule has 1 saturated heterocycles. The summed E-state index contributed by atoms with van der Waals surface area (Å²) in [5.41, 5.74) is 2.22. The molecule has 1 amide bonds. The highest BCUT2D eigenvalue weighted by Crippen LogP contribution is 2.29. The fourth-order valence-electron chi connectivity index (χ4n) is 4.47. The molecule has 2 aromatic carbocycles. The maximum absolute atomic E-state index is 12.6. The molecule has 35 heavy (non-hydrogen) atoms. The predicted octanol–water partition coefficient (Wildman–Crippen LogP) is 4.55. The number of carbonyl (C=O) groups excluding carboxylic acids is 1. The number of amides is 1. The van der Waals surface area contributed by atoms with E-state index < -0.39 is 0 Å². The standard InChI is InChI=1S/C27H36N6OS/c1-22(32-19-10-5-11-20-32)26-29-30-27(33(26)24-15-8-4-9-16-24)35-21-25(34)28-17-12-18-31(2)23-13-6-3-7-14-23/h3-4,6-9,13-16,22H,5,10-12,17-21H2,1-2H3,(H,28,34)/t22-/m0/s1. The summed E-state index contributed by atoms with van der Waals surface area (Å²) in [6.45, 7) is 5.93. The van der Waals surface area contributed by atoms with Crippen molar-refractivity contribution in [2.45, 2.75) is 43.8 Å². The van der Waals surface area contributed by atoms with Crippen LogP contribution in [0.3, 0.4) is 0 Å². The van der Waals surface area contributed by atoms with Gasteiger partial charge in [-0.15, -0.1) is 10.2 Å². The Morgan fingerprint density at radius 1 is 1.03 bits per heavy atom. The average molecular weight is 493 g/mol. The third-order valence-corrected chi connectivity index (χ3v) is 7.44. The highest BCUT2D eigenvalue weighted by Gasteiger charge is 2.25. The molecule has 1 aromatic heterocycles. The van der Waals surface area contributed by atoms with E-state index in [2.05, 4.69) is 68.1 Å². The lowest BCUT2D eigenvalue weighted by Gasteiger charge is -2.31. The molecule has 186 valence electrons. The van der Waals surface area contributed by atoms with Crippen molar-refractivity contribution in [3.63, 3.8) is 0 Å². The number of thioether (sulfide) groups is 1. The second-order valence-electron chi connectivity index (χ2n) is 9.03. The quantitative estimate of drug-likeness (QED) is 0.313. The Kier molecular flexibility index (Phi) is 9.20. The SMILES string of the molecule is C[C@@H](c1nnc(SCC(=O)NCCCN(C)c2ccccc2)n1-c1ccccc1)N1CCCCC1. The molecule has 1 fully saturated rings. The van der Waals surface area contributed by atoms with Gasteiger partial charge in [-0.2, -0.15) is 0 Å². The van der Waals surface area contributed by atoms with Gasteiger partial charge in [0.05, 0.1) is 11.8 Å². The monoisotopic (exact) mass is 492 g/mol. The van der Waals surface area contributed by atoms with E-state index >= 15 is 0 Å². The summed E-state index contributed by atoms with van der Waals surface area (Å²) < 4.78 is 2.12. The summed E-state index contributed by atoms with van der Waals surface area (Å²) in [4.78, 5) is 17.2. The predicted molar refractivity (Wildman–Crippen MR) is 143 cm³/mol. The van der Waals surface area contributed by atoms with Gasteiger partial charge < -0.3 is 10.2 Å². The van der Waals surface area contributed by atoms with Gasteiger partial charge in [0.1, 0.15) is 0 Å². The Balaban J connectivity index is 1.33. The van der Waals surface area contributed by atoms with Crippen LogP contribution in [0.2, 0.25) is 0 Å². The number of aromatic nitrogens is 3. The van der Waals surface area contributed by atoms with Gasteiger partial charge in [0.2, 0.25) is 5.91 Å². The van der Waals surface area contributed by atoms with Gasteiger partial charge >= 0.3 is 0 Å². The summed E-state index contributed by atoms with van der Waals surface area (Å²) >= 11 is 1.44. The summed E-state index contributed by atoms with van der Waals surface area (Å²) in [5, 5.41) is 12.9. The van der Waals surface area contributed by atoms with E-state index in [1.165, 1.54) is 36.7 Å². The maximum atomic E-state index is 12.6. The van der Waals surface area contributed by atoms with Crippen molar-refractivity contribution in [1.29, 1.82) is 0 Å². The second-order valence-corrected chi connectivity index (χ2v) is 9.98. The summed E-state index contributed by atoms with van der Waals surface area (Å²) in [7, 11) is 2.08. The zero-order valence-corrected chi connectivity index (χ0v) is 21.6. The number of nitrogens with one attached hydrogen (secondary N) is 1. The van der Waals surface area contributed by atoms with Crippen molar-refractivity contribution >= 4 is 23.4 Å². The summed E-state index contributed by atoms with van der Waals surface area (Å²) in [6.07, 6.45) is 4.65. The number of hydrogen-bond donors (Lipinski definition) is 1. The van der Waals surface area contributed by atoms with Gasteiger partial charge in [-0.25, -0.2) is 0 Å². The van der Waals surface area contributed by atoms with Gasteiger partial charge in [-0.1, -0.05) is 54.6 Å². The minimum atomic E-state index is 0.0191. The van der Waals surface area contributed by atoms with E-state index in [1.54, 1.807) is 0 Å². The number of nitrogens with zero attached hydrogens (tertiary/aromatic N) is 5. The molecule has 1 atom stereocenters. The molecule has 0 saturated carbocycles. The Bertz CT molecular complexity index is 1050. The van der Waals surface area contributed by atoms with Crippen molar-refractivity contribution in [1.82, 2.24) is 25.0 Å². The van der Waals surface area contributed by atoms with Crippen LogP contribution in [0.15, 0.2) is 65.8 Å². The molecule has 1 N–H and O–H groups in total. The van der Waals surface area contributed by atoms with Gasteiger partial charge in [-0.3, -0.25) is 14.3 Å². The lowest BCUT2D eigenvalue weighted by atomic mass is 10.1. The second kappa shape index (κ2) is 12.7. The van der Waals surface area contributed by atoms with Crippen LogP contribution < -0.4 is 10.2 Å². The molecule has 3 aromatic rings. The molecule has 4 rings (SSSR count). The van der Waals surface area contributed by atoms with Gasteiger partial charge in [-0.05, 0) is 63.5 Å². The van der Waals surface area contributed by atoms with Gasteiger partial charge in [0.15, 0.2) is 11.0 Å². The average Bonchev–Trinajstić information content (AvgIpc) is 3.35. The van der Waals surface area contributed by atoms with E-state index in [1.807, 2.05) is 36.4 Å². The summed E-state index contributed by atoms with van der Waals surface area (Å²) in [5.74, 6) is 1.27. The van der Waals surface area contributed by atoms with E-state index in [9.17, 15) is 4.79 Å². The molecule has 8 heteroatoms. The maximum Gasteiger partial charge on any atom is 0.230 e.